The normalized spacial score (nSPS) is 10.1. The summed E-state index contributed by atoms with van der Waals surface area (Å²) in [6.45, 7) is 0.616. The number of hydrogen-bond acceptors (Lipinski definition) is 6. The Morgan fingerprint density at radius 1 is 1.41 bits per heavy atom. The highest BCUT2D eigenvalue weighted by atomic mass is 16.5. The number of rotatable bonds is 5. The quantitative estimate of drug-likeness (QED) is 0.764. The molecule has 0 aliphatic rings. The van der Waals surface area contributed by atoms with E-state index in [4.69, 9.17) is 10.3 Å². The lowest BCUT2D eigenvalue weighted by Crippen LogP contribution is -2.12. The van der Waals surface area contributed by atoms with Crippen molar-refractivity contribution in [3.8, 4) is 0 Å². The van der Waals surface area contributed by atoms with E-state index in [9.17, 15) is 4.79 Å². The van der Waals surface area contributed by atoms with Crippen LogP contribution in [0.5, 0.6) is 0 Å². The van der Waals surface area contributed by atoms with Crippen LogP contribution in [0.4, 0.5) is 5.82 Å². The minimum absolute atomic E-state index is 0.382. The van der Waals surface area contributed by atoms with Crippen LogP contribution >= 0.6 is 0 Å². The van der Waals surface area contributed by atoms with Crippen molar-refractivity contribution in [1.82, 2.24) is 15.1 Å². The van der Waals surface area contributed by atoms with Crippen LogP contribution in [0.1, 0.15) is 16.2 Å². The SMILES string of the molecule is NC(=O)c1ccc(NCCc2ncno2)nc1. The molecule has 0 bridgehead atoms. The molecule has 0 fully saturated rings. The van der Waals surface area contributed by atoms with Crippen LogP contribution in [0.2, 0.25) is 0 Å². The number of nitrogens with one attached hydrogen (secondary N) is 1. The fourth-order valence-corrected chi connectivity index (χ4v) is 1.25. The first-order valence-electron chi connectivity index (χ1n) is 5.01. The molecule has 0 saturated heterocycles. The third kappa shape index (κ3) is 3.00. The summed E-state index contributed by atoms with van der Waals surface area (Å²) in [6.07, 6.45) is 3.39. The van der Waals surface area contributed by atoms with Gasteiger partial charge in [0.2, 0.25) is 11.8 Å². The van der Waals surface area contributed by atoms with Gasteiger partial charge in [0, 0.05) is 19.2 Å². The first-order chi connectivity index (χ1) is 8.25. The number of aromatic nitrogens is 3. The second-order valence-corrected chi connectivity index (χ2v) is 3.31. The number of carbonyl (C=O) groups is 1. The highest BCUT2D eigenvalue weighted by molar-refractivity contribution is 5.92. The Morgan fingerprint density at radius 2 is 2.29 bits per heavy atom. The summed E-state index contributed by atoms with van der Waals surface area (Å²) in [5.41, 5.74) is 5.48. The molecule has 1 amide bonds. The van der Waals surface area contributed by atoms with Gasteiger partial charge in [-0.05, 0) is 12.1 Å². The third-order valence-corrected chi connectivity index (χ3v) is 2.10. The third-order valence-electron chi connectivity index (χ3n) is 2.10. The van der Waals surface area contributed by atoms with Crippen molar-refractivity contribution in [1.29, 1.82) is 0 Å². The predicted molar refractivity (Wildman–Crippen MR) is 59.2 cm³/mol. The van der Waals surface area contributed by atoms with Crippen LogP contribution in [-0.2, 0) is 6.42 Å². The van der Waals surface area contributed by atoms with E-state index in [1.807, 2.05) is 0 Å². The van der Waals surface area contributed by atoms with Crippen molar-refractivity contribution in [3.63, 3.8) is 0 Å². The molecular formula is C10H11N5O2. The van der Waals surface area contributed by atoms with Crippen LogP contribution in [0.3, 0.4) is 0 Å². The standard InChI is InChI=1S/C10H11N5O2/c11-10(16)7-1-2-8(13-5-7)12-4-3-9-14-6-15-17-9/h1-2,5-6H,3-4H2,(H2,11,16)(H,12,13). The van der Waals surface area contributed by atoms with Gasteiger partial charge in [-0.25, -0.2) is 4.98 Å². The molecule has 0 unspecified atom stereocenters. The molecule has 2 aromatic heterocycles. The summed E-state index contributed by atoms with van der Waals surface area (Å²) in [6, 6.07) is 3.30. The first kappa shape index (κ1) is 11.1. The van der Waals surface area contributed by atoms with Gasteiger partial charge < -0.3 is 15.6 Å². The molecule has 0 atom stereocenters. The predicted octanol–water partition coefficient (Wildman–Crippen LogP) is 0.218. The largest absolute Gasteiger partial charge is 0.370 e. The highest BCUT2D eigenvalue weighted by Gasteiger charge is 2.02. The first-order valence-corrected chi connectivity index (χ1v) is 5.01. The molecule has 7 heteroatoms. The molecular weight excluding hydrogens is 222 g/mol. The van der Waals surface area contributed by atoms with Gasteiger partial charge in [-0.15, -0.1) is 0 Å². The van der Waals surface area contributed by atoms with Crippen LogP contribution < -0.4 is 11.1 Å². The maximum absolute atomic E-state index is 10.8. The Bertz CT molecular complexity index is 480. The fourth-order valence-electron chi connectivity index (χ4n) is 1.25. The van der Waals surface area contributed by atoms with E-state index >= 15 is 0 Å². The van der Waals surface area contributed by atoms with Crippen LogP contribution in [0.25, 0.3) is 0 Å². The molecule has 3 N–H and O–H groups in total. The second-order valence-electron chi connectivity index (χ2n) is 3.31. The second kappa shape index (κ2) is 5.06. The zero-order valence-corrected chi connectivity index (χ0v) is 8.96. The molecule has 17 heavy (non-hydrogen) atoms. The van der Waals surface area contributed by atoms with Crippen molar-refractivity contribution in [3.05, 3.63) is 36.1 Å². The summed E-state index contributed by atoms with van der Waals surface area (Å²) in [7, 11) is 0. The van der Waals surface area contributed by atoms with Crippen LogP contribution in [0.15, 0.2) is 29.2 Å². The fraction of sp³-hybridized carbons (Fsp3) is 0.200. The van der Waals surface area contributed by atoms with Crippen molar-refractivity contribution in [2.75, 3.05) is 11.9 Å². The maximum atomic E-state index is 10.8. The Balaban J connectivity index is 1.85. The molecule has 0 radical (unpaired) electrons. The Morgan fingerprint density at radius 3 is 2.88 bits per heavy atom. The zero-order valence-electron chi connectivity index (χ0n) is 8.96. The lowest BCUT2D eigenvalue weighted by Gasteiger charge is -2.03. The number of anilines is 1. The van der Waals surface area contributed by atoms with Crippen molar-refractivity contribution >= 4 is 11.7 Å². The van der Waals surface area contributed by atoms with E-state index < -0.39 is 5.91 Å². The number of hydrogen-bond donors (Lipinski definition) is 2. The van der Waals surface area contributed by atoms with Gasteiger partial charge in [-0.3, -0.25) is 4.79 Å². The number of nitrogens with two attached hydrogens (primary N) is 1. The molecule has 2 heterocycles. The lowest BCUT2D eigenvalue weighted by molar-refractivity contribution is 0.1000. The molecule has 0 saturated carbocycles. The van der Waals surface area contributed by atoms with Crippen LogP contribution in [0, 0.1) is 0 Å². The van der Waals surface area contributed by atoms with E-state index in [0.717, 1.165) is 0 Å². The minimum atomic E-state index is -0.491. The van der Waals surface area contributed by atoms with Gasteiger partial charge in [0.05, 0.1) is 5.56 Å². The monoisotopic (exact) mass is 233 g/mol. The minimum Gasteiger partial charge on any atom is -0.370 e. The van der Waals surface area contributed by atoms with Crippen molar-refractivity contribution in [2.24, 2.45) is 5.73 Å². The number of pyridine rings is 1. The molecule has 0 aliphatic carbocycles. The number of nitrogens with zero attached hydrogens (tertiary/aromatic N) is 3. The lowest BCUT2D eigenvalue weighted by atomic mass is 10.3. The molecule has 88 valence electrons. The average Bonchev–Trinajstić information content (AvgIpc) is 2.83. The van der Waals surface area contributed by atoms with Gasteiger partial charge in [0.25, 0.3) is 0 Å². The van der Waals surface area contributed by atoms with Gasteiger partial charge in [0.1, 0.15) is 5.82 Å². The van der Waals surface area contributed by atoms with E-state index in [0.29, 0.717) is 30.2 Å². The van der Waals surface area contributed by atoms with Gasteiger partial charge in [-0.2, -0.15) is 4.98 Å². The van der Waals surface area contributed by atoms with Crippen molar-refractivity contribution in [2.45, 2.75) is 6.42 Å². The molecule has 7 nitrogen and oxygen atoms in total. The molecule has 2 aromatic rings. The van der Waals surface area contributed by atoms with Gasteiger partial charge >= 0.3 is 0 Å². The van der Waals surface area contributed by atoms with Gasteiger partial charge in [0.15, 0.2) is 6.33 Å². The summed E-state index contributed by atoms with van der Waals surface area (Å²) in [5.74, 6) is 0.732. The molecule has 0 aliphatic heterocycles. The number of primary amides is 1. The Hall–Kier alpha value is -2.44. The maximum Gasteiger partial charge on any atom is 0.250 e. The summed E-state index contributed by atoms with van der Waals surface area (Å²) in [4.78, 5) is 18.7. The summed E-state index contributed by atoms with van der Waals surface area (Å²) < 4.78 is 4.84. The summed E-state index contributed by atoms with van der Waals surface area (Å²) >= 11 is 0. The average molecular weight is 233 g/mol. The van der Waals surface area contributed by atoms with Gasteiger partial charge in [-0.1, -0.05) is 5.16 Å². The highest BCUT2D eigenvalue weighted by Crippen LogP contribution is 2.04. The van der Waals surface area contributed by atoms with Crippen LogP contribution in [-0.4, -0.2) is 27.6 Å². The Kier molecular flexibility index (Phi) is 3.29. The van der Waals surface area contributed by atoms with E-state index in [1.165, 1.54) is 12.5 Å². The smallest absolute Gasteiger partial charge is 0.250 e. The molecule has 0 aromatic carbocycles. The van der Waals surface area contributed by atoms with Crippen molar-refractivity contribution < 1.29 is 9.32 Å². The molecule has 0 spiro atoms. The zero-order chi connectivity index (χ0) is 12.1. The van der Waals surface area contributed by atoms with E-state index in [1.54, 1.807) is 12.1 Å². The van der Waals surface area contributed by atoms with E-state index in [2.05, 4.69) is 20.4 Å². The number of amides is 1. The topological polar surface area (TPSA) is 107 Å². The molecule has 2 rings (SSSR count). The summed E-state index contributed by atoms with van der Waals surface area (Å²) in [5, 5.41) is 6.56. The Labute approximate surface area is 97.0 Å². The van der Waals surface area contributed by atoms with E-state index in [-0.39, 0.29) is 0 Å². The number of carbonyl (C=O) groups excluding carboxylic acids is 1.